The molecule has 2 amide bonds. The van der Waals surface area contributed by atoms with Crippen molar-refractivity contribution in [2.45, 2.75) is 26.9 Å². The van der Waals surface area contributed by atoms with Crippen LogP contribution in [-0.4, -0.2) is 49.5 Å². The molecule has 0 radical (unpaired) electrons. The van der Waals surface area contributed by atoms with E-state index in [-0.39, 0.29) is 31.0 Å². The van der Waals surface area contributed by atoms with Crippen LogP contribution >= 0.6 is 15.9 Å². The van der Waals surface area contributed by atoms with Gasteiger partial charge in [0.15, 0.2) is 0 Å². The Morgan fingerprint density at radius 3 is 2.43 bits per heavy atom. The molecule has 3 rings (SSSR count). The lowest BCUT2D eigenvalue weighted by Gasteiger charge is -2.32. The van der Waals surface area contributed by atoms with Crippen molar-refractivity contribution in [3.05, 3.63) is 63.1 Å². The number of hydrogen-bond acceptors (Lipinski definition) is 4. The standard InChI is InChI=1S/C23H28BrN3O3/c1-15-10-16(2)23(17(3)11-15)26-21(28)12-25-22(29)14-27-8-9-30-20(13-27)18-4-6-19(24)7-5-18/h4-7,10-11,20H,8-9,12-14H2,1-3H3,(H,25,29)(H,26,28). The van der Waals surface area contributed by atoms with Gasteiger partial charge in [0.25, 0.3) is 0 Å². The Morgan fingerprint density at radius 1 is 1.10 bits per heavy atom. The molecule has 2 aromatic rings. The molecule has 1 fully saturated rings. The summed E-state index contributed by atoms with van der Waals surface area (Å²) in [6.45, 7) is 8.05. The van der Waals surface area contributed by atoms with E-state index in [0.29, 0.717) is 19.7 Å². The minimum atomic E-state index is -0.229. The zero-order valence-corrected chi connectivity index (χ0v) is 19.2. The maximum Gasteiger partial charge on any atom is 0.243 e. The molecule has 0 aromatic heterocycles. The van der Waals surface area contributed by atoms with Crippen molar-refractivity contribution in [1.82, 2.24) is 10.2 Å². The fraction of sp³-hybridized carbons (Fsp3) is 0.391. The van der Waals surface area contributed by atoms with E-state index in [1.165, 1.54) is 0 Å². The van der Waals surface area contributed by atoms with Gasteiger partial charge in [-0.05, 0) is 49.6 Å². The van der Waals surface area contributed by atoms with E-state index < -0.39 is 0 Å². The molecule has 30 heavy (non-hydrogen) atoms. The zero-order chi connectivity index (χ0) is 21.7. The van der Waals surface area contributed by atoms with Crippen molar-refractivity contribution < 1.29 is 14.3 Å². The van der Waals surface area contributed by atoms with E-state index in [1.54, 1.807) is 0 Å². The molecule has 1 atom stereocenters. The van der Waals surface area contributed by atoms with Gasteiger partial charge in [0, 0.05) is 23.2 Å². The predicted octanol–water partition coefficient (Wildman–Crippen LogP) is 3.50. The number of aryl methyl sites for hydroxylation is 3. The van der Waals surface area contributed by atoms with Gasteiger partial charge in [0.1, 0.15) is 0 Å². The molecule has 7 heteroatoms. The lowest BCUT2D eigenvalue weighted by Crippen LogP contribution is -2.45. The van der Waals surface area contributed by atoms with E-state index in [1.807, 2.05) is 57.2 Å². The van der Waals surface area contributed by atoms with Crippen molar-refractivity contribution in [3.8, 4) is 0 Å². The summed E-state index contributed by atoms with van der Waals surface area (Å²) >= 11 is 3.44. The van der Waals surface area contributed by atoms with Crippen LogP contribution in [0, 0.1) is 20.8 Å². The first kappa shape index (κ1) is 22.5. The van der Waals surface area contributed by atoms with Crippen molar-refractivity contribution in [1.29, 1.82) is 0 Å². The van der Waals surface area contributed by atoms with Crippen LogP contribution in [0.5, 0.6) is 0 Å². The monoisotopic (exact) mass is 473 g/mol. The average Bonchev–Trinajstić information content (AvgIpc) is 2.70. The first-order valence-corrected chi connectivity index (χ1v) is 10.8. The fourth-order valence-electron chi connectivity index (χ4n) is 3.72. The second-order valence-corrected chi connectivity index (χ2v) is 8.66. The molecular weight excluding hydrogens is 446 g/mol. The molecule has 160 valence electrons. The van der Waals surface area contributed by atoms with Crippen LogP contribution in [0.2, 0.25) is 0 Å². The highest BCUT2D eigenvalue weighted by Crippen LogP contribution is 2.24. The zero-order valence-electron chi connectivity index (χ0n) is 17.6. The second kappa shape index (κ2) is 10.2. The van der Waals surface area contributed by atoms with Gasteiger partial charge in [-0.25, -0.2) is 0 Å². The number of nitrogens with one attached hydrogen (secondary N) is 2. The summed E-state index contributed by atoms with van der Waals surface area (Å²) in [5.41, 5.74) is 5.08. The molecule has 1 aliphatic rings. The van der Waals surface area contributed by atoms with E-state index >= 15 is 0 Å². The molecule has 1 aliphatic heterocycles. The number of carbonyl (C=O) groups excluding carboxylic acids is 2. The molecule has 1 heterocycles. The Hall–Kier alpha value is -2.22. The molecule has 0 saturated carbocycles. The van der Waals surface area contributed by atoms with Crippen molar-refractivity contribution in [2.75, 3.05) is 38.1 Å². The van der Waals surface area contributed by atoms with Crippen LogP contribution in [0.1, 0.15) is 28.4 Å². The lowest BCUT2D eigenvalue weighted by atomic mass is 10.1. The highest BCUT2D eigenvalue weighted by molar-refractivity contribution is 9.10. The normalized spacial score (nSPS) is 16.9. The van der Waals surface area contributed by atoms with Crippen LogP contribution in [0.4, 0.5) is 5.69 Å². The number of morpholine rings is 1. The Kier molecular flexibility index (Phi) is 7.64. The number of amides is 2. The summed E-state index contributed by atoms with van der Waals surface area (Å²) in [7, 11) is 0. The topological polar surface area (TPSA) is 70.7 Å². The number of benzene rings is 2. The molecule has 2 aromatic carbocycles. The second-order valence-electron chi connectivity index (χ2n) is 7.74. The lowest BCUT2D eigenvalue weighted by molar-refractivity contribution is -0.126. The summed E-state index contributed by atoms with van der Waals surface area (Å²) in [6, 6.07) is 12.1. The summed E-state index contributed by atoms with van der Waals surface area (Å²) in [6.07, 6.45) is -0.0598. The van der Waals surface area contributed by atoms with Gasteiger partial charge < -0.3 is 15.4 Å². The number of rotatable bonds is 6. The number of carbonyl (C=O) groups is 2. The van der Waals surface area contributed by atoms with Gasteiger partial charge in [-0.1, -0.05) is 45.8 Å². The van der Waals surface area contributed by atoms with Crippen LogP contribution in [0.15, 0.2) is 40.9 Å². The molecular formula is C23H28BrN3O3. The van der Waals surface area contributed by atoms with Crippen molar-refractivity contribution in [3.63, 3.8) is 0 Å². The van der Waals surface area contributed by atoms with Gasteiger partial charge in [-0.15, -0.1) is 0 Å². The summed E-state index contributed by atoms with van der Waals surface area (Å²) < 4.78 is 6.88. The van der Waals surface area contributed by atoms with E-state index in [2.05, 4.69) is 31.5 Å². The quantitative estimate of drug-likeness (QED) is 0.673. The Bertz CT molecular complexity index is 891. The average molecular weight is 474 g/mol. The Balaban J connectivity index is 1.47. The smallest absolute Gasteiger partial charge is 0.243 e. The number of halogens is 1. The van der Waals surface area contributed by atoms with Crippen LogP contribution < -0.4 is 10.6 Å². The number of anilines is 1. The van der Waals surface area contributed by atoms with Crippen LogP contribution in [0.3, 0.4) is 0 Å². The molecule has 2 N–H and O–H groups in total. The van der Waals surface area contributed by atoms with E-state index in [9.17, 15) is 9.59 Å². The molecule has 1 saturated heterocycles. The van der Waals surface area contributed by atoms with Gasteiger partial charge in [-0.3, -0.25) is 14.5 Å². The molecule has 1 unspecified atom stereocenters. The summed E-state index contributed by atoms with van der Waals surface area (Å²) in [5.74, 6) is -0.396. The largest absolute Gasteiger partial charge is 0.371 e. The first-order chi connectivity index (χ1) is 14.3. The number of ether oxygens (including phenoxy) is 1. The predicted molar refractivity (Wildman–Crippen MR) is 122 cm³/mol. The van der Waals surface area contributed by atoms with Crippen LogP contribution in [0.25, 0.3) is 0 Å². The maximum atomic E-state index is 12.4. The highest BCUT2D eigenvalue weighted by Gasteiger charge is 2.23. The third-order valence-corrected chi connectivity index (χ3v) is 5.68. The third-order valence-electron chi connectivity index (χ3n) is 5.15. The van der Waals surface area contributed by atoms with Gasteiger partial charge in [0.2, 0.25) is 11.8 Å². The maximum absolute atomic E-state index is 12.4. The third kappa shape index (κ3) is 6.14. The minimum Gasteiger partial charge on any atom is -0.371 e. The number of hydrogen-bond donors (Lipinski definition) is 2. The highest BCUT2D eigenvalue weighted by atomic mass is 79.9. The first-order valence-electron chi connectivity index (χ1n) is 10.1. The van der Waals surface area contributed by atoms with Gasteiger partial charge >= 0.3 is 0 Å². The van der Waals surface area contributed by atoms with Crippen LogP contribution in [-0.2, 0) is 14.3 Å². The van der Waals surface area contributed by atoms with Gasteiger partial charge in [0.05, 0.1) is 25.8 Å². The Labute approximate surface area is 186 Å². The molecule has 0 spiro atoms. The summed E-state index contributed by atoms with van der Waals surface area (Å²) in [5, 5.41) is 5.63. The molecule has 6 nitrogen and oxygen atoms in total. The number of nitrogens with zero attached hydrogens (tertiary/aromatic N) is 1. The van der Waals surface area contributed by atoms with Crippen molar-refractivity contribution in [2.24, 2.45) is 0 Å². The SMILES string of the molecule is Cc1cc(C)c(NC(=O)CNC(=O)CN2CCOC(c3ccc(Br)cc3)C2)c(C)c1. The minimum absolute atomic E-state index is 0.0495. The van der Waals surface area contributed by atoms with Crippen molar-refractivity contribution >= 4 is 33.4 Å². The Morgan fingerprint density at radius 2 is 1.77 bits per heavy atom. The molecule has 0 bridgehead atoms. The molecule has 0 aliphatic carbocycles. The van der Waals surface area contributed by atoms with E-state index in [4.69, 9.17) is 4.74 Å². The van der Waals surface area contributed by atoms with Gasteiger partial charge in [-0.2, -0.15) is 0 Å². The van der Waals surface area contributed by atoms with E-state index in [0.717, 1.165) is 32.4 Å². The summed E-state index contributed by atoms with van der Waals surface area (Å²) in [4.78, 5) is 26.7. The fourth-order valence-corrected chi connectivity index (χ4v) is 3.99.